The van der Waals surface area contributed by atoms with Crippen LogP contribution in [0.25, 0.3) is 0 Å². The topological polar surface area (TPSA) is 180 Å². The number of carboxylic acid groups (broad SMARTS) is 1. The van der Waals surface area contributed by atoms with E-state index in [0.29, 0.717) is 11.1 Å². The van der Waals surface area contributed by atoms with E-state index in [-0.39, 0.29) is 33.9 Å². The van der Waals surface area contributed by atoms with E-state index in [1.165, 1.54) is 18.2 Å². The molecule has 7 N–H and O–H groups in total. The van der Waals surface area contributed by atoms with Crippen LogP contribution >= 0.6 is 0 Å². The molecule has 0 saturated heterocycles. The van der Waals surface area contributed by atoms with E-state index in [9.17, 15) is 29.1 Å². The summed E-state index contributed by atoms with van der Waals surface area (Å²) in [5, 5.41) is 9.25. The molecule has 44 heavy (non-hydrogen) atoms. The second-order valence-corrected chi connectivity index (χ2v) is 12.5. The molecule has 4 amide bonds. The summed E-state index contributed by atoms with van der Waals surface area (Å²) >= 11 is 0. The molecule has 0 unspecified atom stereocenters. The number of nitrogens with one attached hydrogen (secondary N) is 4. The smallest absolute Gasteiger partial charge is 0.320 e. The molecule has 0 radical (unpaired) electrons. The first-order valence-corrected chi connectivity index (χ1v) is 14.0. The van der Waals surface area contributed by atoms with Gasteiger partial charge in [-0.15, -0.1) is 0 Å². The fraction of sp³-hybridized carbons (Fsp3) is 0.303. The molecule has 0 aliphatic heterocycles. The maximum absolute atomic E-state index is 13.0. The summed E-state index contributed by atoms with van der Waals surface area (Å²) in [4.78, 5) is 62.6. The molecule has 232 valence electrons. The number of amides is 4. The van der Waals surface area contributed by atoms with Crippen LogP contribution in [-0.2, 0) is 22.0 Å². The molecule has 0 saturated carbocycles. The Bertz CT molecular complexity index is 1450. The molecule has 0 spiro atoms. The number of hydrogen-bond acceptors (Lipinski definition) is 6. The first-order chi connectivity index (χ1) is 20.5. The molecule has 0 fully saturated rings. The Morgan fingerprint density at radius 3 is 1.20 bits per heavy atom. The summed E-state index contributed by atoms with van der Waals surface area (Å²) in [5.41, 5.74) is 17.7. The number of hydrazine groups is 2. The van der Waals surface area contributed by atoms with E-state index in [2.05, 4.69) is 21.7 Å². The van der Waals surface area contributed by atoms with Crippen molar-refractivity contribution in [3.05, 3.63) is 106 Å². The summed E-state index contributed by atoms with van der Waals surface area (Å²) in [6.07, 6.45) is -0.185. The molecule has 0 aromatic heterocycles. The van der Waals surface area contributed by atoms with Gasteiger partial charge in [0.05, 0.1) is 0 Å². The van der Waals surface area contributed by atoms with Gasteiger partial charge in [-0.05, 0) is 76.4 Å². The zero-order valence-electron chi connectivity index (χ0n) is 25.7. The number of aliphatic carboxylic acids is 1. The van der Waals surface area contributed by atoms with Crippen molar-refractivity contribution in [2.45, 2.75) is 64.8 Å². The van der Waals surface area contributed by atoms with Gasteiger partial charge in [-0.3, -0.25) is 45.7 Å². The van der Waals surface area contributed by atoms with E-state index >= 15 is 0 Å². The van der Waals surface area contributed by atoms with Gasteiger partial charge in [0.15, 0.2) is 0 Å². The lowest BCUT2D eigenvalue weighted by Gasteiger charge is -2.19. The Morgan fingerprint density at radius 1 is 0.591 bits per heavy atom. The first kappa shape index (κ1) is 33.5. The average molecular weight is 602 g/mol. The van der Waals surface area contributed by atoms with Gasteiger partial charge in [0.2, 0.25) is 0 Å². The second-order valence-electron chi connectivity index (χ2n) is 12.5. The van der Waals surface area contributed by atoms with Crippen molar-refractivity contribution in [3.8, 4) is 0 Å². The van der Waals surface area contributed by atoms with Gasteiger partial charge in [-0.1, -0.05) is 65.8 Å². The van der Waals surface area contributed by atoms with E-state index in [1.807, 2.05) is 65.8 Å². The highest BCUT2D eigenvalue weighted by atomic mass is 16.4. The Kier molecular flexibility index (Phi) is 10.3. The Balaban J connectivity index is 1.74. The number of carbonyl (C=O) groups is 5. The minimum absolute atomic E-state index is 0.0438. The maximum Gasteiger partial charge on any atom is 0.320 e. The van der Waals surface area contributed by atoms with Crippen LogP contribution in [-0.4, -0.2) is 40.7 Å². The van der Waals surface area contributed by atoms with Gasteiger partial charge in [-0.25, -0.2) is 0 Å². The van der Waals surface area contributed by atoms with E-state index in [4.69, 9.17) is 5.73 Å². The van der Waals surface area contributed by atoms with Gasteiger partial charge >= 0.3 is 5.97 Å². The zero-order chi connectivity index (χ0) is 32.8. The molecule has 11 nitrogen and oxygen atoms in total. The SMILES string of the molecule is CC(C)(C)c1ccc(C(=O)NNC(=O)c2cc(C[C@H](N)C(=O)O)cc(C(=O)NNC(=O)c3ccc(C(C)(C)C)cc3)c2)cc1. The summed E-state index contributed by atoms with van der Waals surface area (Å²) in [5.74, 6) is -3.89. The van der Waals surface area contributed by atoms with E-state index in [0.717, 1.165) is 11.1 Å². The fourth-order valence-corrected chi connectivity index (χ4v) is 4.17. The fourth-order valence-electron chi connectivity index (χ4n) is 4.17. The summed E-state index contributed by atoms with van der Waals surface area (Å²) in [7, 11) is 0. The predicted molar refractivity (Wildman–Crippen MR) is 166 cm³/mol. The molecule has 0 bridgehead atoms. The van der Waals surface area contributed by atoms with E-state index in [1.54, 1.807) is 24.3 Å². The number of nitrogens with two attached hydrogens (primary N) is 1. The molecular formula is C33H39N5O6. The summed E-state index contributed by atoms with van der Waals surface area (Å²) in [6.45, 7) is 12.3. The second kappa shape index (κ2) is 13.5. The monoisotopic (exact) mass is 601 g/mol. The lowest BCUT2D eigenvalue weighted by molar-refractivity contribution is -0.138. The van der Waals surface area contributed by atoms with Crippen LogP contribution in [0.5, 0.6) is 0 Å². The zero-order valence-corrected chi connectivity index (χ0v) is 25.7. The lowest BCUT2D eigenvalue weighted by atomic mass is 9.87. The van der Waals surface area contributed by atoms with Crippen LogP contribution in [0.3, 0.4) is 0 Å². The van der Waals surface area contributed by atoms with Crippen LogP contribution in [0.15, 0.2) is 66.7 Å². The highest BCUT2D eigenvalue weighted by Crippen LogP contribution is 2.23. The van der Waals surface area contributed by atoms with Crippen LogP contribution in [0.1, 0.15) is 99.7 Å². The quantitative estimate of drug-likeness (QED) is 0.225. The minimum atomic E-state index is -1.30. The highest BCUT2D eigenvalue weighted by Gasteiger charge is 2.20. The van der Waals surface area contributed by atoms with Crippen LogP contribution < -0.4 is 27.4 Å². The van der Waals surface area contributed by atoms with Crippen molar-refractivity contribution in [1.82, 2.24) is 21.7 Å². The predicted octanol–water partition coefficient (Wildman–Crippen LogP) is 3.39. The van der Waals surface area contributed by atoms with Crippen molar-refractivity contribution in [2.75, 3.05) is 0 Å². The number of hydrogen-bond donors (Lipinski definition) is 6. The maximum atomic E-state index is 13.0. The van der Waals surface area contributed by atoms with Crippen molar-refractivity contribution >= 4 is 29.6 Å². The number of benzene rings is 3. The normalized spacial score (nSPS) is 12.1. The van der Waals surface area contributed by atoms with Crippen LogP contribution in [0.4, 0.5) is 0 Å². The third-order valence-corrected chi connectivity index (χ3v) is 6.90. The number of rotatable bonds is 7. The molecular weight excluding hydrogens is 562 g/mol. The molecule has 0 aliphatic carbocycles. The Hall–Kier alpha value is -5.03. The lowest BCUT2D eigenvalue weighted by Crippen LogP contribution is -2.43. The first-order valence-electron chi connectivity index (χ1n) is 14.0. The molecule has 3 aromatic carbocycles. The third-order valence-electron chi connectivity index (χ3n) is 6.90. The molecule has 0 heterocycles. The van der Waals surface area contributed by atoms with Gasteiger partial charge in [0.1, 0.15) is 6.04 Å². The van der Waals surface area contributed by atoms with Crippen LogP contribution in [0.2, 0.25) is 0 Å². The molecule has 3 aromatic rings. The van der Waals surface area contributed by atoms with Gasteiger partial charge in [0.25, 0.3) is 23.6 Å². The van der Waals surface area contributed by atoms with Crippen molar-refractivity contribution in [2.24, 2.45) is 5.73 Å². The van der Waals surface area contributed by atoms with Crippen molar-refractivity contribution < 1.29 is 29.1 Å². The van der Waals surface area contributed by atoms with Crippen molar-refractivity contribution in [3.63, 3.8) is 0 Å². The average Bonchev–Trinajstić information content (AvgIpc) is 2.97. The Labute approximate surface area is 256 Å². The molecule has 1 atom stereocenters. The van der Waals surface area contributed by atoms with Gasteiger partial charge in [-0.2, -0.15) is 0 Å². The minimum Gasteiger partial charge on any atom is -0.480 e. The summed E-state index contributed by atoms with van der Waals surface area (Å²) < 4.78 is 0. The third kappa shape index (κ3) is 8.98. The van der Waals surface area contributed by atoms with Gasteiger partial charge in [0, 0.05) is 22.3 Å². The molecule has 11 heteroatoms. The standard InChI is InChI=1S/C33H39N5O6/c1-32(2,3)24-11-7-20(8-12-24)27(39)35-37-29(41)22-15-19(17-26(34)31(43)44)16-23(18-22)30(42)38-36-28(40)21-9-13-25(14-10-21)33(4,5)6/h7-16,18,26H,17,34H2,1-6H3,(H,35,39)(H,36,40)(H,37,41)(H,38,42)(H,43,44)/t26-/m0/s1. The highest BCUT2D eigenvalue weighted by molar-refractivity contribution is 6.03. The number of carbonyl (C=O) groups excluding carboxylic acids is 4. The largest absolute Gasteiger partial charge is 0.480 e. The summed E-state index contributed by atoms with van der Waals surface area (Å²) in [6, 6.07) is 16.6. The van der Waals surface area contributed by atoms with Crippen LogP contribution in [0, 0.1) is 0 Å². The van der Waals surface area contributed by atoms with Gasteiger partial charge < -0.3 is 10.8 Å². The van der Waals surface area contributed by atoms with E-state index < -0.39 is 35.6 Å². The number of carboxylic acids is 1. The molecule has 0 aliphatic rings. The molecule has 3 rings (SSSR count). The Morgan fingerprint density at radius 2 is 0.909 bits per heavy atom. The van der Waals surface area contributed by atoms with Crippen molar-refractivity contribution in [1.29, 1.82) is 0 Å².